The van der Waals surface area contributed by atoms with E-state index in [-0.39, 0.29) is 17.3 Å². The second-order valence-electron chi connectivity index (χ2n) is 6.16. The quantitative estimate of drug-likeness (QED) is 0.712. The Labute approximate surface area is 143 Å². The van der Waals surface area contributed by atoms with Crippen molar-refractivity contribution < 1.29 is 22.7 Å². The highest BCUT2D eigenvalue weighted by Gasteiger charge is 2.27. The molecule has 1 aliphatic carbocycles. The van der Waals surface area contributed by atoms with Crippen LogP contribution in [0.4, 0.5) is 4.79 Å². The van der Waals surface area contributed by atoms with E-state index in [1.54, 1.807) is 16.7 Å². The third-order valence-electron chi connectivity index (χ3n) is 4.53. The third kappa shape index (κ3) is 4.96. The van der Waals surface area contributed by atoms with Gasteiger partial charge in [-0.05, 0) is 19.8 Å². The summed E-state index contributed by atoms with van der Waals surface area (Å²) in [6.07, 6.45) is 5.09. The van der Waals surface area contributed by atoms with E-state index < -0.39 is 9.84 Å². The van der Waals surface area contributed by atoms with E-state index in [9.17, 15) is 18.0 Å². The van der Waals surface area contributed by atoms with Gasteiger partial charge in [-0.1, -0.05) is 19.3 Å². The molecule has 0 atom stereocenters. The van der Waals surface area contributed by atoms with Gasteiger partial charge in [0.25, 0.3) is 0 Å². The minimum atomic E-state index is -3.36. The van der Waals surface area contributed by atoms with Crippen LogP contribution in [0.5, 0.6) is 0 Å². The number of hydrogen-bond donors (Lipinski definition) is 0. The molecule has 2 rings (SSSR count). The van der Waals surface area contributed by atoms with Gasteiger partial charge < -0.3 is 14.5 Å². The Hall–Kier alpha value is -1.57. The van der Waals surface area contributed by atoms with E-state index >= 15 is 0 Å². The average molecular weight is 358 g/mol. The molecule has 1 heterocycles. The van der Waals surface area contributed by atoms with E-state index in [4.69, 9.17) is 4.74 Å². The molecule has 1 saturated heterocycles. The molecule has 1 aliphatic heterocycles. The molecule has 0 aromatic carbocycles. The molecule has 2 fully saturated rings. The van der Waals surface area contributed by atoms with E-state index in [0.717, 1.165) is 30.7 Å². The van der Waals surface area contributed by atoms with Crippen molar-refractivity contribution in [3.05, 3.63) is 11.5 Å². The van der Waals surface area contributed by atoms with Crippen molar-refractivity contribution in [3.63, 3.8) is 0 Å². The molecule has 7 nitrogen and oxygen atoms in total. The molecular formula is C16H26N2O5S. The minimum Gasteiger partial charge on any atom is -0.450 e. The molecule has 8 heteroatoms. The fraction of sp³-hybridized carbons (Fsp3) is 0.750. The summed E-state index contributed by atoms with van der Waals surface area (Å²) >= 11 is 0. The first-order chi connectivity index (χ1) is 11.4. The van der Waals surface area contributed by atoms with Gasteiger partial charge in [-0.25, -0.2) is 13.2 Å². The lowest BCUT2D eigenvalue weighted by molar-refractivity contribution is -0.127. The van der Waals surface area contributed by atoms with Crippen LogP contribution in [-0.2, 0) is 19.4 Å². The predicted octanol–water partition coefficient (Wildman–Crippen LogP) is 1.55. The van der Waals surface area contributed by atoms with Gasteiger partial charge in [0.15, 0.2) is 9.84 Å². The summed E-state index contributed by atoms with van der Waals surface area (Å²) < 4.78 is 29.4. The van der Waals surface area contributed by atoms with Gasteiger partial charge in [-0.3, -0.25) is 4.79 Å². The van der Waals surface area contributed by atoms with Crippen molar-refractivity contribution in [2.24, 2.45) is 0 Å². The maximum absolute atomic E-state index is 12.3. The molecule has 0 N–H and O–H groups in total. The lowest BCUT2D eigenvalue weighted by atomic mass is 10.0. The fourth-order valence-electron chi connectivity index (χ4n) is 3.09. The van der Waals surface area contributed by atoms with Crippen LogP contribution in [0.25, 0.3) is 0 Å². The number of carbonyl (C=O) groups excluding carboxylic acids is 2. The van der Waals surface area contributed by atoms with Crippen molar-refractivity contribution in [1.82, 2.24) is 9.80 Å². The topological polar surface area (TPSA) is 84.0 Å². The van der Waals surface area contributed by atoms with Gasteiger partial charge in [0.1, 0.15) is 0 Å². The Kier molecular flexibility index (Phi) is 6.65. The largest absolute Gasteiger partial charge is 0.450 e. The molecule has 0 radical (unpaired) electrons. The average Bonchev–Trinajstić information content (AvgIpc) is 2.61. The Balaban J connectivity index is 1.85. The van der Waals surface area contributed by atoms with Crippen LogP contribution in [0.3, 0.4) is 0 Å². The molecule has 24 heavy (non-hydrogen) atoms. The monoisotopic (exact) mass is 358 g/mol. The van der Waals surface area contributed by atoms with Crippen LogP contribution in [-0.4, -0.2) is 68.3 Å². The lowest BCUT2D eigenvalue weighted by Gasteiger charge is -2.33. The highest BCUT2D eigenvalue weighted by Crippen LogP contribution is 2.24. The van der Waals surface area contributed by atoms with Gasteiger partial charge in [0.2, 0.25) is 5.91 Å². The summed E-state index contributed by atoms with van der Waals surface area (Å²) in [6.45, 7) is 3.62. The molecule has 0 aromatic heterocycles. The minimum absolute atomic E-state index is 0.319. The van der Waals surface area contributed by atoms with Crippen LogP contribution >= 0.6 is 0 Å². The van der Waals surface area contributed by atoms with Crippen molar-refractivity contribution in [1.29, 1.82) is 0 Å². The van der Waals surface area contributed by atoms with Crippen molar-refractivity contribution >= 4 is 21.8 Å². The van der Waals surface area contributed by atoms with Crippen LogP contribution in [0.15, 0.2) is 11.5 Å². The molecular weight excluding hydrogens is 332 g/mol. The van der Waals surface area contributed by atoms with Crippen molar-refractivity contribution in [2.45, 2.75) is 44.3 Å². The highest BCUT2D eigenvalue weighted by atomic mass is 32.2. The number of ether oxygens (including phenoxy) is 1. The Bertz CT molecular complexity index is 573. The Morgan fingerprint density at radius 1 is 1.04 bits per heavy atom. The second kappa shape index (κ2) is 8.50. The molecule has 0 bridgehead atoms. The summed E-state index contributed by atoms with van der Waals surface area (Å²) in [5, 5.41) is 0.721. The van der Waals surface area contributed by atoms with Crippen molar-refractivity contribution in [2.75, 3.05) is 32.8 Å². The number of hydrogen-bond acceptors (Lipinski definition) is 5. The zero-order valence-corrected chi connectivity index (χ0v) is 15.0. The first-order valence-electron chi connectivity index (χ1n) is 8.56. The van der Waals surface area contributed by atoms with Gasteiger partial charge in [-0.15, -0.1) is 0 Å². The number of nitrogens with zero attached hydrogens (tertiary/aromatic N) is 2. The van der Waals surface area contributed by atoms with E-state index in [2.05, 4.69) is 0 Å². The normalized spacial score (nSPS) is 20.4. The zero-order valence-electron chi connectivity index (χ0n) is 14.1. The van der Waals surface area contributed by atoms with E-state index in [0.29, 0.717) is 45.6 Å². The Morgan fingerprint density at radius 3 is 2.21 bits per heavy atom. The van der Waals surface area contributed by atoms with Gasteiger partial charge in [0, 0.05) is 37.7 Å². The number of sulfone groups is 1. The van der Waals surface area contributed by atoms with Gasteiger partial charge in [-0.2, -0.15) is 0 Å². The fourth-order valence-corrected chi connectivity index (χ4v) is 4.61. The standard InChI is InChI=1S/C16H26N2O5S/c1-2-23-16(20)18-11-9-17(10-12-18)15(19)8-13-24(21,22)14-6-4-3-5-7-14/h8,13-14H,2-7,9-12H2,1H3/b13-8+. The second-order valence-corrected chi connectivity index (χ2v) is 8.28. The lowest BCUT2D eigenvalue weighted by Crippen LogP contribution is -2.50. The van der Waals surface area contributed by atoms with Crippen LogP contribution in [0.1, 0.15) is 39.0 Å². The summed E-state index contributed by atoms with van der Waals surface area (Å²) in [5.41, 5.74) is 0. The Morgan fingerprint density at radius 2 is 1.62 bits per heavy atom. The predicted molar refractivity (Wildman–Crippen MR) is 90.1 cm³/mol. The molecule has 0 unspecified atom stereocenters. The first-order valence-corrected chi connectivity index (χ1v) is 10.2. The maximum atomic E-state index is 12.3. The zero-order chi connectivity index (χ0) is 17.6. The van der Waals surface area contributed by atoms with Gasteiger partial charge in [0.05, 0.1) is 11.9 Å². The maximum Gasteiger partial charge on any atom is 0.409 e. The van der Waals surface area contributed by atoms with Crippen molar-refractivity contribution in [3.8, 4) is 0 Å². The number of amides is 2. The molecule has 1 saturated carbocycles. The van der Waals surface area contributed by atoms with Crippen LogP contribution in [0.2, 0.25) is 0 Å². The van der Waals surface area contributed by atoms with E-state index in [1.165, 1.54) is 0 Å². The summed E-state index contributed by atoms with van der Waals surface area (Å²) in [6, 6.07) is 0. The number of carbonyl (C=O) groups is 2. The molecule has 0 spiro atoms. The van der Waals surface area contributed by atoms with Crippen LogP contribution < -0.4 is 0 Å². The van der Waals surface area contributed by atoms with Gasteiger partial charge >= 0.3 is 6.09 Å². The summed E-state index contributed by atoms with van der Waals surface area (Å²) in [4.78, 5) is 26.9. The molecule has 0 aromatic rings. The molecule has 2 amide bonds. The smallest absolute Gasteiger partial charge is 0.409 e. The van der Waals surface area contributed by atoms with Crippen LogP contribution in [0, 0.1) is 0 Å². The number of rotatable bonds is 4. The molecule has 2 aliphatic rings. The SMILES string of the molecule is CCOC(=O)N1CCN(C(=O)/C=C/S(=O)(=O)C2CCCCC2)CC1. The summed E-state index contributed by atoms with van der Waals surface area (Å²) in [7, 11) is -3.36. The highest BCUT2D eigenvalue weighted by molar-refractivity contribution is 7.94. The third-order valence-corrected chi connectivity index (χ3v) is 6.45. The van der Waals surface area contributed by atoms with E-state index in [1.807, 2.05) is 0 Å². The number of piperazine rings is 1. The summed E-state index contributed by atoms with van der Waals surface area (Å²) in [5.74, 6) is -0.321. The first kappa shape index (κ1) is 18.8. The molecule has 136 valence electrons.